The van der Waals surface area contributed by atoms with Gasteiger partial charge in [0.25, 0.3) is 0 Å². The van der Waals surface area contributed by atoms with Crippen LogP contribution in [0.25, 0.3) is 22.2 Å². The molecular weight excluding hydrogens is 322 g/mol. The van der Waals surface area contributed by atoms with Crippen molar-refractivity contribution >= 4 is 10.9 Å². The summed E-state index contributed by atoms with van der Waals surface area (Å²) < 4.78 is 5.37. The lowest BCUT2D eigenvalue weighted by Crippen LogP contribution is -2.02. The highest BCUT2D eigenvalue weighted by atomic mass is 16.5. The molecule has 3 heteroatoms. The number of benzene rings is 3. The summed E-state index contributed by atoms with van der Waals surface area (Å²) in [5, 5.41) is 11.9. The minimum absolute atomic E-state index is 0.740. The first-order chi connectivity index (χ1) is 12.8. The van der Waals surface area contributed by atoms with Crippen molar-refractivity contribution in [1.82, 2.24) is 4.98 Å². The van der Waals surface area contributed by atoms with Crippen LogP contribution >= 0.6 is 0 Å². The summed E-state index contributed by atoms with van der Waals surface area (Å²) in [7, 11) is 1.64. The summed E-state index contributed by atoms with van der Waals surface area (Å²) >= 11 is 0. The van der Waals surface area contributed by atoms with Gasteiger partial charge in [-0.1, -0.05) is 60.7 Å². The Balaban J connectivity index is 1.95. The van der Waals surface area contributed by atoms with E-state index in [1.54, 1.807) is 7.11 Å². The van der Waals surface area contributed by atoms with E-state index < -0.39 is 6.10 Å². The molecule has 0 aliphatic heterocycles. The quantitative estimate of drug-likeness (QED) is 0.568. The summed E-state index contributed by atoms with van der Waals surface area (Å²) in [6.07, 6.45) is -0.740. The smallest absolute Gasteiger partial charge is 0.119 e. The third-order valence-corrected chi connectivity index (χ3v) is 4.53. The van der Waals surface area contributed by atoms with Gasteiger partial charge in [-0.05, 0) is 35.4 Å². The molecule has 0 aliphatic carbocycles. The van der Waals surface area contributed by atoms with Gasteiger partial charge in [-0.3, -0.25) is 0 Å². The van der Waals surface area contributed by atoms with Crippen molar-refractivity contribution in [3.63, 3.8) is 0 Å². The summed E-state index contributed by atoms with van der Waals surface area (Å²) in [6.45, 7) is 0. The number of aliphatic hydroxyl groups is 1. The highest BCUT2D eigenvalue weighted by Crippen LogP contribution is 2.33. The molecule has 0 bridgehead atoms. The van der Waals surface area contributed by atoms with Crippen LogP contribution in [0.4, 0.5) is 0 Å². The Kier molecular flexibility index (Phi) is 4.38. The molecule has 4 rings (SSSR count). The molecule has 0 radical (unpaired) electrons. The fourth-order valence-corrected chi connectivity index (χ4v) is 3.16. The van der Waals surface area contributed by atoms with E-state index in [2.05, 4.69) is 0 Å². The molecule has 26 heavy (non-hydrogen) atoms. The fourth-order valence-electron chi connectivity index (χ4n) is 3.16. The predicted molar refractivity (Wildman–Crippen MR) is 104 cm³/mol. The molecule has 1 unspecified atom stereocenters. The van der Waals surface area contributed by atoms with E-state index in [1.165, 1.54) is 0 Å². The summed E-state index contributed by atoms with van der Waals surface area (Å²) in [5.74, 6) is 0.744. The van der Waals surface area contributed by atoms with Gasteiger partial charge in [-0.2, -0.15) is 0 Å². The second-order valence-electron chi connectivity index (χ2n) is 6.16. The van der Waals surface area contributed by atoms with Crippen molar-refractivity contribution in [2.24, 2.45) is 0 Å². The Bertz CT molecular complexity index is 1030. The van der Waals surface area contributed by atoms with Gasteiger partial charge in [0, 0.05) is 10.9 Å². The zero-order chi connectivity index (χ0) is 17.9. The molecule has 0 saturated heterocycles. The topological polar surface area (TPSA) is 42.4 Å². The van der Waals surface area contributed by atoms with Crippen molar-refractivity contribution in [2.75, 3.05) is 7.11 Å². The number of aliphatic hydroxyl groups excluding tert-OH is 1. The number of aromatic nitrogens is 1. The number of nitrogens with zero attached hydrogens (tertiary/aromatic N) is 1. The van der Waals surface area contributed by atoms with Crippen LogP contribution in [0.2, 0.25) is 0 Å². The Morgan fingerprint density at radius 2 is 1.54 bits per heavy atom. The number of hydrogen-bond donors (Lipinski definition) is 1. The number of pyridine rings is 1. The third kappa shape index (κ3) is 3.05. The van der Waals surface area contributed by atoms with Gasteiger partial charge in [0.05, 0.1) is 18.3 Å². The van der Waals surface area contributed by atoms with E-state index in [4.69, 9.17) is 9.72 Å². The highest BCUT2D eigenvalue weighted by molar-refractivity contribution is 5.87. The number of hydrogen-bond acceptors (Lipinski definition) is 3. The van der Waals surface area contributed by atoms with Gasteiger partial charge in [0.2, 0.25) is 0 Å². The summed E-state index contributed by atoms with van der Waals surface area (Å²) in [5.41, 5.74) is 4.36. The largest absolute Gasteiger partial charge is 0.497 e. The van der Waals surface area contributed by atoms with Crippen molar-refractivity contribution in [1.29, 1.82) is 0 Å². The molecule has 1 aromatic heterocycles. The minimum atomic E-state index is -0.740. The maximum atomic E-state index is 11.1. The predicted octanol–water partition coefficient (Wildman–Crippen LogP) is 4.99. The van der Waals surface area contributed by atoms with Crippen molar-refractivity contribution < 1.29 is 9.84 Å². The van der Waals surface area contributed by atoms with Gasteiger partial charge in [-0.15, -0.1) is 0 Å². The lowest BCUT2D eigenvalue weighted by molar-refractivity contribution is 0.222. The average Bonchev–Trinajstić information content (AvgIpc) is 2.73. The Labute approximate surface area is 152 Å². The molecule has 128 valence electrons. The third-order valence-electron chi connectivity index (χ3n) is 4.53. The fraction of sp³-hybridized carbons (Fsp3) is 0.0870. The zero-order valence-corrected chi connectivity index (χ0v) is 14.5. The van der Waals surface area contributed by atoms with Crippen LogP contribution in [-0.4, -0.2) is 17.2 Å². The van der Waals surface area contributed by atoms with Crippen molar-refractivity contribution in [3.8, 4) is 17.0 Å². The van der Waals surface area contributed by atoms with Gasteiger partial charge in [0.15, 0.2) is 0 Å². The maximum Gasteiger partial charge on any atom is 0.119 e. The highest BCUT2D eigenvalue weighted by Gasteiger charge is 2.17. The lowest BCUT2D eigenvalue weighted by Gasteiger charge is -2.16. The van der Waals surface area contributed by atoms with Gasteiger partial charge < -0.3 is 9.84 Å². The van der Waals surface area contributed by atoms with Gasteiger partial charge >= 0.3 is 0 Å². The van der Waals surface area contributed by atoms with Crippen molar-refractivity contribution in [3.05, 3.63) is 96.1 Å². The molecule has 1 N–H and O–H groups in total. The van der Waals surface area contributed by atoms with Gasteiger partial charge in [0.1, 0.15) is 11.9 Å². The minimum Gasteiger partial charge on any atom is -0.497 e. The first-order valence-corrected chi connectivity index (χ1v) is 8.53. The first kappa shape index (κ1) is 16.3. The standard InChI is InChI=1S/C23H19NO2/c1-26-18-12-13-21-19(14-18)20(23(25)17-10-6-3-7-11-17)15-22(24-21)16-8-4-2-5-9-16/h2-15,23,25H,1H3. The lowest BCUT2D eigenvalue weighted by atomic mass is 9.96. The molecule has 1 heterocycles. The second kappa shape index (κ2) is 6.98. The van der Waals surface area contributed by atoms with Gasteiger partial charge in [-0.25, -0.2) is 4.98 Å². The van der Waals surface area contributed by atoms with Crippen molar-refractivity contribution in [2.45, 2.75) is 6.10 Å². The average molecular weight is 341 g/mol. The van der Waals surface area contributed by atoms with E-state index in [-0.39, 0.29) is 0 Å². The molecule has 0 fully saturated rings. The van der Waals surface area contributed by atoms with E-state index >= 15 is 0 Å². The molecule has 0 spiro atoms. The van der Waals surface area contributed by atoms with E-state index in [1.807, 2.05) is 84.9 Å². The molecule has 0 aliphatic rings. The summed E-state index contributed by atoms with van der Waals surface area (Å²) in [6, 6.07) is 27.4. The van der Waals surface area contributed by atoms with Crippen LogP contribution in [0.3, 0.4) is 0 Å². The van der Waals surface area contributed by atoms with Crippen LogP contribution in [-0.2, 0) is 0 Å². The molecule has 4 aromatic rings. The first-order valence-electron chi connectivity index (χ1n) is 8.53. The van der Waals surface area contributed by atoms with E-state index in [0.29, 0.717) is 0 Å². The molecule has 0 amide bonds. The molecule has 1 atom stereocenters. The van der Waals surface area contributed by atoms with Crippen LogP contribution in [0.1, 0.15) is 17.2 Å². The monoisotopic (exact) mass is 341 g/mol. The van der Waals surface area contributed by atoms with E-state index in [9.17, 15) is 5.11 Å². The van der Waals surface area contributed by atoms with Crippen LogP contribution in [0.15, 0.2) is 84.9 Å². The summed E-state index contributed by atoms with van der Waals surface area (Å²) in [4.78, 5) is 4.79. The van der Waals surface area contributed by atoms with Crippen LogP contribution in [0, 0.1) is 0 Å². The number of rotatable bonds is 4. The van der Waals surface area contributed by atoms with Crippen LogP contribution in [0.5, 0.6) is 5.75 Å². The second-order valence-corrected chi connectivity index (χ2v) is 6.16. The Hall–Kier alpha value is -3.17. The van der Waals surface area contributed by atoms with E-state index in [0.717, 1.165) is 39.0 Å². The zero-order valence-electron chi connectivity index (χ0n) is 14.5. The maximum absolute atomic E-state index is 11.1. The number of ether oxygens (including phenoxy) is 1. The SMILES string of the molecule is COc1ccc2nc(-c3ccccc3)cc(C(O)c3ccccc3)c2c1. The number of methoxy groups -OCH3 is 1. The Morgan fingerprint density at radius 3 is 2.23 bits per heavy atom. The molecular formula is C23H19NO2. The Morgan fingerprint density at radius 1 is 0.846 bits per heavy atom. The number of fused-ring (bicyclic) bond motifs is 1. The molecule has 3 aromatic carbocycles. The normalized spacial score (nSPS) is 12.1. The molecule has 3 nitrogen and oxygen atoms in total. The molecule has 0 saturated carbocycles. The van der Waals surface area contributed by atoms with Crippen LogP contribution < -0.4 is 4.74 Å².